The van der Waals surface area contributed by atoms with E-state index in [0.29, 0.717) is 28.2 Å². The average molecular weight is 409 g/mol. The zero-order valence-electron chi connectivity index (χ0n) is 16.0. The van der Waals surface area contributed by atoms with Crippen LogP contribution in [0.5, 0.6) is 0 Å². The Morgan fingerprint density at radius 2 is 2.13 bits per heavy atom. The van der Waals surface area contributed by atoms with Crippen LogP contribution in [0.1, 0.15) is 22.3 Å². The molecule has 0 unspecified atom stereocenters. The number of aromatic nitrogens is 6. The fourth-order valence-corrected chi connectivity index (χ4v) is 3.30. The number of hydrogen-bond acceptors (Lipinski definition) is 5. The Morgan fingerprint density at radius 1 is 1.30 bits per heavy atom. The van der Waals surface area contributed by atoms with Gasteiger partial charge in [-0.2, -0.15) is 9.90 Å². The molecule has 3 aromatic heterocycles. The molecule has 1 aromatic carbocycles. The number of amides is 1. The lowest BCUT2D eigenvalue weighted by Gasteiger charge is -2.09. The Hall–Kier alpha value is -3.69. The van der Waals surface area contributed by atoms with Crippen molar-refractivity contribution in [2.45, 2.75) is 25.8 Å². The maximum Gasteiger partial charge on any atom is 0.259 e. The highest BCUT2D eigenvalue weighted by Gasteiger charge is 2.57. The highest BCUT2D eigenvalue weighted by molar-refractivity contribution is 6.09. The van der Waals surface area contributed by atoms with Gasteiger partial charge in [0, 0.05) is 29.8 Å². The normalized spacial score (nSPS) is 17.2. The van der Waals surface area contributed by atoms with Crippen LogP contribution in [0, 0.1) is 12.8 Å². The molecule has 0 radical (unpaired) electrons. The largest absolute Gasteiger partial charge is 0.322 e. The third-order valence-electron chi connectivity index (χ3n) is 5.21. The summed E-state index contributed by atoms with van der Waals surface area (Å²) < 4.78 is 27.8. The second-order valence-electron chi connectivity index (χ2n) is 7.40. The molecular formula is C20H17F2N7O. The third kappa shape index (κ3) is 3.30. The van der Waals surface area contributed by atoms with Gasteiger partial charge in [-0.25, -0.2) is 13.3 Å². The van der Waals surface area contributed by atoms with Crippen LogP contribution in [0.2, 0.25) is 0 Å². The maximum atomic E-state index is 13.1. The number of rotatable bonds is 5. The summed E-state index contributed by atoms with van der Waals surface area (Å²) in [6, 6.07) is 10.9. The highest BCUT2D eigenvalue weighted by atomic mass is 19.3. The molecule has 1 aliphatic rings. The lowest BCUT2D eigenvalue weighted by atomic mass is 10.1. The van der Waals surface area contributed by atoms with Crippen molar-refractivity contribution in [3.05, 3.63) is 59.9 Å². The zero-order chi connectivity index (χ0) is 20.9. The van der Waals surface area contributed by atoms with E-state index in [4.69, 9.17) is 0 Å². The fraction of sp³-hybridized carbons (Fsp3) is 0.250. The van der Waals surface area contributed by atoms with Crippen molar-refractivity contribution < 1.29 is 13.6 Å². The number of benzene rings is 1. The van der Waals surface area contributed by atoms with Gasteiger partial charge in [-0.15, -0.1) is 10.2 Å². The van der Waals surface area contributed by atoms with E-state index in [2.05, 4.69) is 25.8 Å². The summed E-state index contributed by atoms with van der Waals surface area (Å²) in [6.07, 6.45) is 3.14. The van der Waals surface area contributed by atoms with Gasteiger partial charge in [0.15, 0.2) is 0 Å². The van der Waals surface area contributed by atoms with Crippen molar-refractivity contribution in [2.24, 2.45) is 5.92 Å². The number of aryl methyl sites for hydroxylation is 1. The number of pyridine rings is 1. The van der Waals surface area contributed by atoms with Crippen LogP contribution in [-0.2, 0) is 6.54 Å². The molecular weight excluding hydrogens is 392 g/mol. The summed E-state index contributed by atoms with van der Waals surface area (Å²) in [5.41, 5.74) is 3.23. The van der Waals surface area contributed by atoms with Gasteiger partial charge in [0.25, 0.3) is 11.8 Å². The number of halogens is 2. The first-order valence-corrected chi connectivity index (χ1v) is 9.41. The van der Waals surface area contributed by atoms with E-state index >= 15 is 0 Å². The van der Waals surface area contributed by atoms with E-state index in [0.717, 1.165) is 5.56 Å². The van der Waals surface area contributed by atoms with Gasteiger partial charge >= 0.3 is 0 Å². The predicted octanol–water partition coefficient (Wildman–Crippen LogP) is 3.20. The molecule has 0 saturated heterocycles. The molecule has 0 aliphatic heterocycles. The second kappa shape index (κ2) is 6.68. The van der Waals surface area contributed by atoms with Gasteiger partial charge in [0.1, 0.15) is 0 Å². The van der Waals surface area contributed by atoms with E-state index in [9.17, 15) is 13.6 Å². The molecule has 0 spiro atoms. The van der Waals surface area contributed by atoms with Crippen molar-refractivity contribution in [1.82, 2.24) is 29.8 Å². The van der Waals surface area contributed by atoms with Gasteiger partial charge in [0.05, 0.1) is 23.8 Å². The number of fused-ring (bicyclic) bond motifs is 1. The monoisotopic (exact) mass is 409 g/mol. The van der Waals surface area contributed by atoms with Crippen molar-refractivity contribution >= 4 is 17.1 Å². The first kappa shape index (κ1) is 18.3. The van der Waals surface area contributed by atoms with E-state index in [1.54, 1.807) is 22.8 Å². The molecule has 10 heteroatoms. The highest BCUT2D eigenvalue weighted by Crippen LogP contribution is 2.49. The van der Waals surface area contributed by atoms with Gasteiger partial charge < -0.3 is 5.32 Å². The zero-order valence-corrected chi connectivity index (χ0v) is 16.0. The molecule has 1 N–H and O–H groups in total. The van der Waals surface area contributed by atoms with Crippen molar-refractivity contribution in [3.8, 4) is 11.4 Å². The quantitative estimate of drug-likeness (QED) is 0.547. The Morgan fingerprint density at radius 3 is 2.93 bits per heavy atom. The van der Waals surface area contributed by atoms with E-state index in [-0.39, 0.29) is 18.9 Å². The Bertz CT molecular complexity index is 1260. The molecule has 1 atom stereocenters. The Labute approximate surface area is 169 Å². The molecule has 0 bridgehead atoms. The van der Waals surface area contributed by atoms with Gasteiger partial charge in [-0.05, 0) is 35.9 Å². The molecule has 8 nitrogen and oxygen atoms in total. The van der Waals surface area contributed by atoms with Crippen LogP contribution < -0.4 is 5.32 Å². The molecule has 1 fully saturated rings. The van der Waals surface area contributed by atoms with Crippen LogP contribution in [-0.4, -0.2) is 41.7 Å². The van der Waals surface area contributed by atoms with E-state index in [1.165, 1.54) is 11.0 Å². The minimum Gasteiger partial charge on any atom is -0.322 e. The minimum absolute atomic E-state index is 0.0319. The SMILES string of the molecule is Cc1ccc(-c2nnn(C[C@@H]3CC3(F)F)n2)cc1NC(=O)c1cnn2ccccc12. The van der Waals surface area contributed by atoms with Crippen LogP contribution in [0.25, 0.3) is 16.9 Å². The second-order valence-corrected chi connectivity index (χ2v) is 7.40. The Kier molecular flexibility index (Phi) is 4.09. The summed E-state index contributed by atoms with van der Waals surface area (Å²) in [7, 11) is 0. The molecule has 152 valence electrons. The van der Waals surface area contributed by atoms with Gasteiger partial charge in [-0.1, -0.05) is 18.2 Å². The molecule has 1 saturated carbocycles. The van der Waals surface area contributed by atoms with E-state index in [1.807, 2.05) is 31.2 Å². The molecule has 1 amide bonds. The first-order valence-electron chi connectivity index (χ1n) is 9.41. The summed E-state index contributed by atoms with van der Waals surface area (Å²) in [5.74, 6) is -3.35. The van der Waals surface area contributed by atoms with E-state index < -0.39 is 11.8 Å². The topological polar surface area (TPSA) is 90.0 Å². The van der Waals surface area contributed by atoms with Crippen LogP contribution in [0.4, 0.5) is 14.5 Å². The number of anilines is 1. The number of carbonyl (C=O) groups is 1. The molecule has 3 heterocycles. The number of nitrogens with zero attached hydrogens (tertiary/aromatic N) is 6. The summed E-state index contributed by atoms with van der Waals surface area (Å²) in [4.78, 5) is 14.0. The van der Waals surface area contributed by atoms with Crippen LogP contribution in [0.15, 0.2) is 48.8 Å². The lowest BCUT2D eigenvalue weighted by molar-refractivity contribution is 0.0929. The number of alkyl halides is 2. The molecule has 30 heavy (non-hydrogen) atoms. The minimum atomic E-state index is -2.63. The summed E-state index contributed by atoms with van der Waals surface area (Å²) in [5, 5.41) is 19.1. The number of nitrogens with one attached hydrogen (secondary N) is 1. The summed E-state index contributed by atoms with van der Waals surface area (Å²) in [6.45, 7) is 1.90. The number of hydrogen-bond donors (Lipinski definition) is 1. The molecule has 4 aromatic rings. The van der Waals surface area contributed by atoms with Crippen molar-refractivity contribution in [2.75, 3.05) is 5.32 Å². The van der Waals surface area contributed by atoms with Gasteiger partial charge in [-0.3, -0.25) is 4.79 Å². The predicted molar refractivity (Wildman–Crippen MR) is 104 cm³/mol. The molecule has 1 aliphatic carbocycles. The third-order valence-corrected chi connectivity index (χ3v) is 5.21. The fourth-order valence-electron chi connectivity index (χ4n) is 3.30. The summed E-state index contributed by atoms with van der Waals surface area (Å²) >= 11 is 0. The van der Waals surface area contributed by atoms with Crippen molar-refractivity contribution in [1.29, 1.82) is 0 Å². The first-order chi connectivity index (χ1) is 14.4. The average Bonchev–Trinajstić information content (AvgIpc) is 3.11. The Balaban J connectivity index is 1.37. The standard InChI is InChI=1S/C20H17F2N7O/c1-12-5-6-13(18-25-27-29(26-18)11-14-9-20(14,21)22)8-16(12)24-19(30)15-10-23-28-7-3-2-4-17(15)28/h2-8,10,14H,9,11H2,1H3,(H,24,30)/t14-/m0/s1. The lowest BCUT2D eigenvalue weighted by Crippen LogP contribution is -2.12. The van der Waals surface area contributed by atoms with Gasteiger partial charge in [0.2, 0.25) is 5.82 Å². The number of carbonyl (C=O) groups excluding carboxylic acids is 1. The van der Waals surface area contributed by atoms with Crippen LogP contribution >= 0.6 is 0 Å². The maximum absolute atomic E-state index is 13.1. The van der Waals surface area contributed by atoms with Crippen LogP contribution in [0.3, 0.4) is 0 Å². The smallest absolute Gasteiger partial charge is 0.259 e. The molecule has 5 rings (SSSR count). The van der Waals surface area contributed by atoms with Crippen molar-refractivity contribution in [3.63, 3.8) is 0 Å². The number of tetrazole rings is 1.